The summed E-state index contributed by atoms with van der Waals surface area (Å²) in [5.74, 6) is 0.0883. The van der Waals surface area contributed by atoms with Crippen LogP contribution in [-0.2, 0) is 10.2 Å². The molecule has 1 heterocycles. The Hall–Kier alpha value is -0.950. The number of aliphatic hydroxyl groups is 1. The first-order chi connectivity index (χ1) is 8.48. The van der Waals surface area contributed by atoms with E-state index in [0.29, 0.717) is 25.9 Å². The summed E-state index contributed by atoms with van der Waals surface area (Å²) < 4.78 is 23.6. The molecule has 100 valence electrons. The second-order valence-electron chi connectivity index (χ2n) is 4.64. The Bertz CT molecular complexity index is 481. The van der Waals surface area contributed by atoms with Gasteiger partial charge in [-0.05, 0) is 24.3 Å². The zero-order chi connectivity index (χ0) is 13.2. The minimum Gasteiger partial charge on any atom is -0.388 e. The fourth-order valence-corrected chi connectivity index (χ4v) is 3.09. The topological polar surface area (TPSA) is 83.6 Å². The molecule has 1 aliphatic heterocycles. The number of aliphatic hydroxyl groups excluding tert-OH is 1. The number of nitrogens with two attached hydrogens (primary N) is 1. The van der Waals surface area contributed by atoms with Gasteiger partial charge >= 0.3 is 0 Å². The van der Waals surface area contributed by atoms with Gasteiger partial charge in [0.05, 0.1) is 6.10 Å². The molecule has 3 N–H and O–H groups in total. The predicted octanol–water partition coefficient (Wildman–Crippen LogP) is 0.636. The van der Waals surface area contributed by atoms with Gasteiger partial charge in [-0.1, -0.05) is 30.3 Å². The number of nitrogens with zero attached hydrogens (tertiary/aromatic N) is 1. The summed E-state index contributed by atoms with van der Waals surface area (Å²) in [4.78, 5) is 0. The van der Waals surface area contributed by atoms with Gasteiger partial charge in [0.15, 0.2) is 0 Å². The van der Waals surface area contributed by atoms with Crippen molar-refractivity contribution in [1.29, 1.82) is 0 Å². The summed E-state index contributed by atoms with van der Waals surface area (Å²) in [6, 6.07) is 9.45. The maximum Gasteiger partial charge on any atom is 0.276 e. The third-order valence-electron chi connectivity index (χ3n) is 3.45. The van der Waals surface area contributed by atoms with Gasteiger partial charge < -0.3 is 5.11 Å². The molecule has 1 atom stereocenters. The molecule has 0 amide bonds. The van der Waals surface area contributed by atoms with E-state index in [1.165, 1.54) is 4.31 Å². The zero-order valence-corrected chi connectivity index (χ0v) is 10.9. The lowest BCUT2D eigenvalue weighted by Gasteiger charge is -2.32. The molecule has 0 aliphatic carbocycles. The van der Waals surface area contributed by atoms with Crippen LogP contribution >= 0.6 is 0 Å². The number of hydrogen-bond donors (Lipinski definition) is 2. The molecular weight excluding hydrogens is 252 g/mol. The van der Waals surface area contributed by atoms with E-state index in [1.54, 1.807) is 0 Å². The molecule has 6 heteroatoms. The monoisotopic (exact) mass is 270 g/mol. The molecule has 1 aliphatic rings. The first-order valence-corrected chi connectivity index (χ1v) is 7.49. The molecule has 1 unspecified atom stereocenters. The second-order valence-corrected chi connectivity index (χ2v) is 6.18. The van der Waals surface area contributed by atoms with E-state index in [2.05, 4.69) is 0 Å². The van der Waals surface area contributed by atoms with Crippen molar-refractivity contribution < 1.29 is 13.5 Å². The zero-order valence-electron chi connectivity index (χ0n) is 10.1. The van der Waals surface area contributed by atoms with Gasteiger partial charge in [-0.15, -0.1) is 0 Å². The van der Waals surface area contributed by atoms with Crippen LogP contribution in [0.2, 0.25) is 0 Å². The average molecular weight is 270 g/mol. The highest BCUT2D eigenvalue weighted by Gasteiger charge is 2.29. The molecule has 0 spiro atoms. The Balaban J connectivity index is 1.98. The van der Waals surface area contributed by atoms with Crippen molar-refractivity contribution in [2.45, 2.75) is 18.9 Å². The van der Waals surface area contributed by atoms with E-state index in [0.717, 1.165) is 5.56 Å². The first kappa shape index (κ1) is 13.5. The van der Waals surface area contributed by atoms with Crippen LogP contribution in [0.25, 0.3) is 0 Å². The summed E-state index contributed by atoms with van der Waals surface area (Å²) in [6.45, 7) is 0.765. The smallest absolute Gasteiger partial charge is 0.276 e. The minimum absolute atomic E-state index is 0.0883. The van der Waals surface area contributed by atoms with Crippen LogP contribution < -0.4 is 5.14 Å². The molecule has 5 nitrogen and oxygen atoms in total. The Morgan fingerprint density at radius 1 is 1.22 bits per heavy atom. The maximum absolute atomic E-state index is 11.2. The van der Waals surface area contributed by atoms with E-state index < -0.39 is 16.3 Å². The number of benzene rings is 1. The number of hydrogen-bond acceptors (Lipinski definition) is 3. The van der Waals surface area contributed by atoms with Crippen molar-refractivity contribution in [2.24, 2.45) is 11.1 Å². The molecule has 0 aromatic heterocycles. The Morgan fingerprint density at radius 3 is 2.28 bits per heavy atom. The average Bonchev–Trinajstić information content (AvgIpc) is 2.38. The molecule has 0 saturated carbocycles. The van der Waals surface area contributed by atoms with E-state index in [-0.39, 0.29) is 5.92 Å². The molecule has 1 saturated heterocycles. The maximum atomic E-state index is 11.2. The van der Waals surface area contributed by atoms with Crippen molar-refractivity contribution in [3.05, 3.63) is 35.9 Å². The van der Waals surface area contributed by atoms with Gasteiger partial charge in [-0.3, -0.25) is 0 Å². The lowest BCUT2D eigenvalue weighted by Crippen LogP contribution is -2.43. The molecular formula is C12H18N2O3S. The summed E-state index contributed by atoms with van der Waals surface area (Å²) in [5.41, 5.74) is 0.881. The van der Waals surface area contributed by atoms with Crippen molar-refractivity contribution in [3.63, 3.8) is 0 Å². The van der Waals surface area contributed by atoms with Crippen LogP contribution in [0.1, 0.15) is 24.5 Å². The summed E-state index contributed by atoms with van der Waals surface area (Å²) in [7, 11) is -3.59. The van der Waals surface area contributed by atoms with Crippen LogP contribution in [0.5, 0.6) is 0 Å². The Morgan fingerprint density at radius 2 is 1.78 bits per heavy atom. The number of piperidine rings is 1. The lowest BCUT2D eigenvalue weighted by molar-refractivity contribution is 0.0760. The van der Waals surface area contributed by atoms with E-state index in [9.17, 15) is 13.5 Å². The fourth-order valence-electron chi connectivity index (χ4n) is 2.37. The predicted molar refractivity (Wildman–Crippen MR) is 68.8 cm³/mol. The standard InChI is InChI=1S/C12H18N2O3S/c13-18(16,17)14-8-6-11(7-9-14)12(15)10-4-2-1-3-5-10/h1-5,11-12,15H,6-9H2,(H2,13,16,17). The molecule has 2 rings (SSSR count). The highest BCUT2D eigenvalue weighted by Crippen LogP contribution is 2.30. The van der Waals surface area contributed by atoms with Gasteiger partial charge in [0.25, 0.3) is 10.2 Å². The van der Waals surface area contributed by atoms with Gasteiger partial charge in [0.1, 0.15) is 0 Å². The van der Waals surface area contributed by atoms with Crippen molar-refractivity contribution >= 4 is 10.2 Å². The largest absolute Gasteiger partial charge is 0.388 e. The number of rotatable bonds is 3. The van der Waals surface area contributed by atoms with Crippen LogP contribution in [0.3, 0.4) is 0 Å². The van der Waals surface area contributed by atoms with Gasteiger partial charge in [0.2, 0.25) is 0 Å². The van der Waals surface area contributed by atoms with Crippen LogP contribution in [-0.4, -0.2) is 30.9 Å². The molecule has 1 aromatic rings. The van der Waals surface area contributed by atoms with Gasteiger partial charge in [-0.25, -0.2) is 5.14 Å². The lowest BCUT2D eigenvalue weighted by atomic mass is 9.88. The van der Waals surface area contributed by atoms with Crippen molar-refractivity contribution in [3.8, 4) is 0 Å². The van der Waals surface area contributed by atoms with E-state index in [4.69, 9.17) is 5.14 Å². The van der Waals surface area contributed by atoms with Gasteiger partial charge in [-0.2, -0.15) is 12.7 Å². The minimum atomic E-state index is -3.59. The van der Waals surface area contributed by atoms with Crippen molar-refractivity contribution in [2.75, 3.05) is 13.1 Å². The first-order valence-electron chi connectivity index (χ1n) is 5.99. The summed E-state index contributed by atoms with van der Waals surface area (Å²) >= 11 is 0. The van der Waals surface area contributed by atoms with Crippen LogP contribution in [0, 0.1) is 5.92 Å². The third-order valence-corrected chi connectivity index (χ3v) is 4.53. The summed E-state index contributed by atoms with van der Waals surface area (Å²) in [5, 5.41) is 15.3. The van der Waals surface area contributed by atoms with Crippen molar-refractivity contribution in [1.82, 2.24) is 4.31 Å². The van der Waals surface area contributed by atoms with E-state index in [1.807, 2.05) is 30.3 Å². The highest BCUT2D eigenvalue weighted by atomic mass is 32.2. The Labute approximate surface area is 107 Å². The molecule has 0 bridgehead atoms. The second kappa shape index (κ2) is 5.36. The highest BCUT2D eigenvalue weighted by molar-refractivity contribution is 7.86. The molecule has 1 fully saturated rings. The SMILES string of the molecule is NS(=O)(=O)N1CCC(C(O)c2ccccc2)CC1. The normalized spacial score (nSPS) is 20.8. The summed E-state index contributed by atoms with van der Waals surface area (Å²) in [6.07, 6.45) is 0.729. The third kappa shape index (κ3) is 3.08. The molecule has 0 radical (unpaired) electrons. The quantitative estimate of drug-likeness (QED) is 0.845. The van der Waals surface area contributed by atoms with Gasteiger partial charge in [0, 0.05) is 13.1 Å². The van der Waals surface area contributed by atoms with E-state index >= 15 is 0 Å². The van der Waals surface area contributed by atoms with Crippen LogP contribution in [0.15, 0.2) is 30.3 Å². The Kier molecular flexibility index (Phi) is 4.01. The molecule has 18 heavy (non-hydrogen) atoms. The fraction of sp³-hybridized carbons (Fsp3) is 0.500. The van der Waals surface area contributed by atoms with Crippen LogP contribution in [0.4, 0.5) is 0 Å². The molecule has 1 aromatic carbocycles.